The third-order valence-corrected chi connectivity index (χ3v) is 5.66. The van der Waals surface area contributed by atoms with E-state index in [9.17, 15) is 14.0 Å². The Kier molecular flexibility index (Phi) is 8.12. The average Bonchev–Trinajstić information content (AvgIpc) is 3.09. The minimum absolute atomic E-state index is 0.0946. The van der Waals surface area contributed by atoms with Gasteiger partial charge in [-0.1, -0.05) is 19.1 Å². The zero-order chi connectivity index (χ0) is 25.0. The molecule has 2 aliphatic rings. The van der Waals surface area contributed by atoms with Crippen LogP contribution in [-0.4, -0.2) is 56.9 Å². The summed E-state index contributed by atoms with van der Waals surface area (Å²) in [6, 6.07) is 3.24. The summed E-state index contributed by atoms with van der Waals surface area (Å²) in [5.74, 6) is -3.38. The lowest BCUT2D eigenvalue weighted by Crippen LogP contribution is -2.32. The Balaban J connectivity index is 2.10. The number of cyclic esters (lactones) is 1. The number of benzene rings is 1. The van der Waals surface area contributed by atoms with Gasteiger partial charge in [-0.15, -0.1) is 0 Å². The molecule has 34 heavy (non-hydrogen) atoms. The number of methoxy groups -OCH3 is 2. The summed E-state index contributed by atoms with van der Waals surface area (Å²) in [5, 5.41) is 0. The fourth-order valence-corrected chi connectivity index (χ4v) is 3.79. The van der Waals surface area contributed by atoms with Gasteiger partial charge in [0.15, 0.2) is 24.5 Å². The lowest BCUT2D eigenvalue weighted by atomic mass is 9.99. The summed E-state index contributed by atoms with van der Waals surface area (Å²) in [6.45, 7) is 6.52. The molecular weight excluding hydrogens is 447 g/mol. The van der Waals surface area contributed by atoms with Crippen molar-refractivity contribution in [3.63, 3.8) is 0 Å². The number of hydrogen-bond acceptors (Lipinski definition) is 8. The zero-order valence-corrected chi connectivity index (χ0v) is 20.3. The normalized spacial score (nSPS) is 29.7. The molecule has 0 spiro atoms. The Labute approximate surface area is 198 Å². The van der Waals surface area contributed by atoms with E-state index < -0.39 is 47.6 Å². The van der Waals surface area contributed by atoms with Gasteiger partial charge in [0.25, 0.3) is 0 Å². The van der Waals surface area contributed by atoms with Crippen molar-refractivity contribution < 1.29 is 42.4 Å². The summed E-state index contributed by atoms with van der Waals surface area (Å²) in [7, 11) is 2.96. The molecule has 0 amide bonds. The van der Waals surface area contributed by atoms with E-state index in [1.54, 1.807) is 52.0 Å². The van der Waals surface area contributed by atoms with E-state index in [1.807, 2.05) is 0 Å². The van der Waals surface area contributed by atoms with E-state index in [2.05, 4.69) is 0 Å². The number of rotatable bonds is 4. The maximum atomic E-state index is 14.9. The van der Waals surface area contributed by atoms with Crippen molar-refractivity contribution in [3.8, 4) is 11.5 Å². The number of carbonyl (C=O) groups is 2. The van der Waals surface area contributed by atoms with Gasteiger partial charge in [-0.05, 0) is 44.9 Å². The molecule has 1 aromatic rings. The predicted octanol–water partition coefficient (Wildman–Crippen LogP) is 4.22. The van der Waals surface area contributed by atoms with Crippen molar-refractivity contribution in [1.29, 1.82) is 0 Å². The van der Waals surface area contributed by atoms with E-state index in [-0.39, 0.29) is 24.5 Å². The van der Waals surface area contributed by atoms with Crippen LogP contribution in [0.3, 0.4) is 0 Å². The van der Waals surface area contributed by atoms with E-state index in [0.717, 1.165) is 6.08 Å². The monoisotopic (exact) mass is 478 g/mol. The first-order valence-corrected chi connectivity index (χ1v) is 11.0. The molecule has 186 valence electrons. The molecule has 3 rings (SSSR count). The van der Waals surface area contributed by atoms with Crippen LogP contribution in [-0.2, 0) is 23.7 Å². The zero-order valence-electron chi connectivity index (χ0n) is 20.3. The molecule has 0 N–H and O–H groups in total. The van der Waals surface area contributed by atoms with Crippen molar-refractivity contribution in [3.05, 3.63) is 41.2 Å². The molecule has 4 atom stereocenters. The van der Waals surface area contributed by atoms with E-state index in [4.69, 9.17) is 28.4 Å². The van der Waals surface area contributed by atoms with Gasteiger partial charge in [0.2, 0.25) is 5.78 Å². The number of halogens is 1. The van der Waals surface area contributed by atoms with Crippen LogP contribution < -0.4 is 9.47 Å². The highest BCUT2D eigenvalue weighted by molar-refractivity contribution is 5.98. The number of Topliss-reactive ketones (excluding diaryl/α,β-unsaturated/α-hetero) is 1. The van der Waals surface area contributed by atoms with Gasteiger partial charge in [-0.2, -0.15) is 0 Å². The van der Waals surface area contributed by atoms with E-state index in [0.29, 0.717) is 11.3 Å². The number of esters is 1. The molecule has 9 heteroatoms. The largest absolute Gasteiger partial charge is 0.497 e. The molecule has 0 bridgehead atoms. The minimum Gasteiger partial charge on any atom is -0.497 e. The average molecular weight is 479 g/mol. The second-order valence-corrected chi connectivity index (χ2v) is 8.72. The third kappa shape index (κ3) is 5.84. The molecule has 0 aliphatic carbocycles. The number of hydrogen-bond donors (Lipinski definition) is 0. The predicted molar refractivity (Wildman–Crippen MR) is 121 cm³/mol. The van der Waals surface area contributed by atoms with Gasteiger partial charge in [0.05, 0.1) is 13.2 Å². The van der Waals surface area contributed by atoms with Crippen LogP contribution in [0.4, 0.5) is 4.39 Å². The quantitative estimate of drug-likeness (QED) is 0.470. The highest BCUT2D eigenvalue weighted by Crippen LogP contribution is 2.35. The smallest absolute Gasteiger partial charge is 0.342 e. The summed E-state index contributed by atoms with van der Waals surface area (Å²) in [4.78, 5) is 26.0. The molecule has 0 aromatic heterocycles. The van der Waals surface area contributed by atoms with Gasteiger partial charge in [0.1, 0.15) is 23.2 Å². The van der Waals surface area contributed by atoms with Crippen LogP contribution in [0.25, 0.3) is 6.08 Å². The van der Waals surface area contributed by atoms with E-state index in [1.165, 1.54) is 14.2 Å². The van der Waals surface area contributed by atoms with Crippen LogP contribution in [0.15, 0.2) is 30.1 Å². The van der Waals surface area contributed by atoms with Crippen LogP contribution in [0.2, 0.25) is 0 Å². The van der Waals surface area contributed by atoms with E-state index >= 15 is 0 Å². The van der Waals surface area contributed by atoms with Crippen molar-refractivity contribution >= 4 is 17.8 Å². The lowest BCUT2D eigenvalue weighted by molar-refractivity contribution is -0.153. The summed E-state index contributed by atoms with van der Waals surface area (Å²) < 4.78 is 48.0. The molecule has 2 heterocycles. The van der Waals surface area contributed by atoms with Crippen molar-refractivity contribution in [2.75, 3.05) is 21.0 Å². The van der Waals surface area contributed by atoms with Crippen LogP contribution in [0.5, 0.6) is 11.5 Å². The molecule has 1 aromatic carbocycles. The Bertz CT molecular complexity index is 983. The first-order valence-electron chi connectivity index (χ1n) is 11.0. The van der Waals surface area contributed by atoms with Gasteiger partial charge in [-0.3, -0.25) is 4.79 Å². The van der Waals surface area contributed by atoms with Crippen LogP contribution >= 0.6 is 0 Å². The molecule has 2 aliphatic heterocycles. The first kappa shape index (κ1) is 25.9. The van der Waals surface area contributed by atoms with Crippen molar-refractivity contribution in [2.24, 2.45) is 5.92 Å². The van der Waals surface area contributed by atoms with Crippen molar-refractivity contribution in [2.45, 2.75) is 58.2 Å². The van der Waals surface area contributed by atoms with Crippen LogP contribution in [0.1, 0.15) is 50.0 Å². The second kappa shape index (κ2) is 10.7. The summed E-state index contributed by atoms with van der Waals surface area (Å²) in [5.41, 5.74) is 0.654. The summed E-state index contributed by atoms with van der Waals surface area (Å²) in [6.07, 6.45) is 2.23. The molecule has 0 saturated carbocycles. The maximum absolute atomic E-state index is 14.9. The molecular formula is C25H31FO8. The first-order chi connectivity index (χ1) is 16.1. The highest BCUT2D eigenvalue weighted by atomic mass is 19.1. The Morgan fingerprint density at radius 1 is 1.15 bits per heavy atom. The molecule has 1 unspecified atom stereocenters. The fourth-order valence-electron chi connectivity index (χ4n) is 3.79. The van der Waals surface area contributed by atoms with Gasteiger partial charge >= 0.3 is 5.97 Å². The number of carbonyl (C=O) groups excluding carboxylic acids is 2. The topological polar surface area (TPSA) is 89.5 Å². The standard InChI is InChI=1S/C25H31FO8/c1-14-10-18(26)22(27)23-19(33-25(3,4)34-23)9-7-8-16-11-17(30-6)12-20(31-13-29-5)21(16)24(28)32-15(14)2/h7-8,10-12,14-15,19,23H,9,13H2,1-6H3/b8-7+,18-10+/t14-,15+,19+,23?/m1/s1. The van der Waals surface area contributed by atoms with Crippen LogP contribution in [0, 0.1) is 5.92 Å². The molecule has 8 nitrogen and oxygen atoms in total. The highest BCUT2D eigenvalue weighted by Gasteiger charge is 2.45. The lowest BCUT2D eigenvalue weighted by Gasteiger charge is -2.21. The number of ketones is 1. The Hall–Kier alpha value is -2.75. The minimum atomic E-state index is -1.10. The maximum Gasteiger partial charge on any atom is 0.342 e. The molecule has 1 fully saturated rings. The number of fused-ring (bicyclic) bond motifs is 2. The summed E-state index contributed by atoms with van der Waals surface area (Å²) >= 11 is 0. The van der Waals surface area contributed by atoms with Gasteiger partial charge in [-0.25, -0.2) is 9.18 Å². The van der Waals surface area contributed by atoms with Crippen molar-refractivity contribution in [1.82, 2.24) is 0 Å². The number of ether oxygens (including phenoxy) is 6. The molecule has 1 saturated heterocycles. The Morgan fingerprint density at radius 3 is 2.56 bits per heavy atom. The van der Waals surface area contributed by atoms with Gasteiger partial charge in [0, 0.05) is 19.1 Å². The van der Waals surface area contributed by atoms with Gasteiger partial charge < -0.3 is 28.4 Å². The fraction of sp³-hybridized carbons (Fsp3) is 0.520. The third-order valence-electron chi connectivity index (χ3n) is 5.66. The SMILES string of the molecule is COCOc1cc(OC)cc2c1C(=O)O[C@@H](C)[C@H](C)/C=C(/F)C(=O)C1OC(C)(C)O[C@H]1C/C=C/2. The second-order valence-electron chi connectivity index (χ2n) is 8.72. The molecule has 0 radical (unpaired) electrons. The Morgan fingerprint density at radius 2 is 1.88 bits per heavy atom.